The van der Waals surface area contributed by atoms with Crippen LogP contribution >= 0.6 is 0 Å². The van der Waals surface area contributed by atoms with E-state index in [-0.39, 0.29) is 42.8 Å². The number of allylic oxidation sites excluding steroid dienone is 1. The molecule has 0 nitrogen and oxygen atoms in total. The SMILES string of the molecule is Fc1c(F)c(F)c(B(CC2=Cc3ccccc3[CH]2[Zr+3])c2c(F)c(F)c(F)c(F)c2F)c(F)c1F.[Cl-].[Cl-].[Cl-]. The van der Waals surface area contributed by atoms with E-state index in [0.717, 1.165) is 30.3 Å². The Morgan fingerprint density at radius 2 is 0.919 bits per heavy atom. The topological polar surface area (TPSA) is 0 Å². The van der Waals surface area contributed by atoms with Gasteiger partial charge in [0.15, 0.2) is 0 Å². The minimum absolute atomic E-state index is 0. The van der Waals surface area contributed by atoms with Crippen molar-refractivity contribution in [3.05, 3.63) is 99.1 Å². The Hall–Kier alpha value is -1.48. The second kappa shape index (κ2) is 12.6. The number of rotatable bonds is 4. The van der Waals surface area contributed by atoms with Crippen LogP contribution in [0, 0.1) is 58.2 Å². The second-order valence-electron chi connectivity index (χ2n) is 7.51. The molecule has 0 radical (unpaired) electrons. The van der Waals surface area contributed by atoms with Crippen molar-refractivity contribution in [3.8, 4) is 0 Å². The van der Waals surface area contributed by atoms with Gasteiger partial charge in [-0.15, -0.1) is 0 Å². The van der Waals surface area contributed by atoms with Gasteiger partial charge in [-0.25, -0.2) is 0 Å². The smallest absolute Gasteiger partial charge is 1.00 e. The van der Waals surface area contributed by atoms with Gasteiger partial charge < -0.3 is 37.2 Å². The van der Waals surface area contributed by atoms with Gasteiger partial charge >= 0.3 is 201 Å². The molecular formula is C22H8BCl3F10Zr. The van der Waals surface area contributed by atoms with Gasteiger partial charge in [0.25, 0.3) is 0 Å². The molecule has 1 aliphatic carbocycles. The number of hydrogen-bond donors (Lipinski definition) is 0. The summed E-state index contributed by atoms with van der Waals surface area (Å²) >= 11 is 0.802. The van der Waals surface area contributed by atoms with Crippen LogP contribution in [-0.2, 0) is 24.7 Å². The first kappa shape index (κ1) is 33.5. The third kappa shape index (κ3) is 5.49. The van der Waals surface area contributed by atoms with E-state index in [0.29, 0.717) is 5.56 Å². The summed E-state index contributed by atoms with van der Waals surface area (Å²) < 4.78 is 141. The summed E-state index contributed by atoms with van der Waals surface area (Å²) in [5.74, 6) is -24.4. The van der Waals surface area contributed by atoms with E-state index < -0.39 is 85.8 Å². The van der Waals surface area contributed by atoms with Crippen molar-refractivity contribution < 1.29 is 106 Å². The molecule has 3 aromatic carbocycles. The molecule has 0 spiro atoms. The van der Waals surface area contributed by atoms with Crippen LogP contribution in [-0.4, -0.2) is 6.71 Å². The fourth-order valence-electron chi connectivity index (χ4n) is 4.00. The molecule has 1 atom stereocenters. The zero-order chi connectivity index (χ0) is 25.1. The summed E-state index contributed by atoms with van der Waals surface area (Å²) in [6, 6.07) is 6.69. The first-order chi connectivity index (χ1) is 16.0. The van der Waals surface area contributed by atoms with Gasteiger partial charge in [0.2, 0.25) is 0 Å². The Labute approximate surface area is 237 Å². The van der Waals surface area contributed by atoms with E-state index in [1.165, 1.54) is 6.08 Å². The molecule has 0 fully saturated rings. The van der Waals surface area contributed by atoms with Gasteiger partial charge in [-0.3, -0.25) is 0 Å². The van der Waals surface area contributed by atoms with Crippen LogP contribution in [0.3, 0.4) is 0 Å². The monoisotopic (exact) mass is 668 g/mol. The minimum Gasteiger partial charge on any atom is -1.00 e. The van der Waals surface area contributed by atoms with E-state index in [1.54, 1.807) is 24.3 Å². The molecule has 194 valence electrons. The van der Waals surface area contributed by atoms with Crippen molar-refractivity contribution >= 4 is 23.7 Å². The van der Waals surface area contributed by atoms with E-state index in [2.05, 4.69) is 0 Å². The van der Waals surface area contributed by atoms with Crippen LogP contribution in [0.15, 0.2) is 29.8 Å². The van der Waals surface area contributed by atoms with Gasteiger partial charge in [-0.05, 0) is 0 Å². The number of benzene rings is 3. The Morgan fingerprint density at radius 3 is 1.30 bits per heavy atom. The van der Waals surface area contributed by atoms with Crippen molar-refractivity contribution in [1.82, 2.24) is 0 Å². The van der Waals surface area contributed by atoms with Crippen LogP contribution < -0.4 is 48.1 Å². The molecule has 4 rings (SSSR count). The fourth-order valence-corrected chi connectivity index (χ4v) is 5.15. The molecule has 0 amide bonds. The van der Waals surface area contributed by atoms with Crippen LogP contribution in [0.1, 0.15) is 14.8 Å². The minimum atomic E-state index is -2.53. The molecule has 0 aliphatic heterocycles. The van der Waals surface area contributed by atoms with Crippen molar-refractivity contribution in [2.24, 2.45) is 0 Å². The van der Waals surface area contributed by atoms with Crippen molar-refractivity contribution in [2.45, 2.75) is 9.95 Å². The molecule has 0 N–H and O–H groups in total. The number of halogens is 13. The molecular weight excluding hydrogens is 663 g/mol. The van der Waals surface area contributed by atoms with Crippen LogP contribution in [0.2, 0.25) is 6.32 Å². The van der Waals surface area contributed by atoms with Crippen molar-refractivity contribution in [2.75, 3.05) is 0 Å². The largest absolute Gasteiger partial charge is 1.00 e. The second-order valence-corrected chi connectivity index (χ2v) is 8.92. The Bertz CT molecular complexity index is 1260. The molecule has 0 heterocycles. The molecule has 3 aromatic rings. The third-order valence-electron chi connectivity index (χ3n) is 5.64. The van der Waals surface area contributed by atoms with Gasteiger partial charge in [0, 0.05) is 0 Å². The van der Waals surface area contributed by atoms with Gasteiger partial charge in [0.05, 0.1) is 0 Å². The normalized spacial score (nSPS) is 13.7. The maximum atomic E-state index is 14.7. The van der Waals surface area contributed by atoms with E-state index in [1.807, 2.05) is 0 Å². The molecule has 1 unspecified atom stereocenters. The van der Waals surface area contributed by atoms with Gasteiger partial charge in [-0.2, -0.15) is 0 Å². The Kier molecular flexibility index (Phi) is 11.4. The van der Waals surface area contributed by atoms with E-state index in [4.69, 9.17) is 0 Å². The number of hydrogen-bond acceptors (Lipinski definition) is 0. The fraction of sp³-hybridized carbons (Fsp3) is 0.0909. The Balaban J connectivity index is 0.00000228. The standard InChI is InChI=1S/C22H8BF10.3ClH.Zr/c24-13-11(14(25)18(29)21(32)17(13)28)23(7-8-5-9-3-1-2-4-10(9)6-8)12-15(26)19(30)22(33)20(31)16(12)27;;;;/h1-6H,7H2;3*1H;/q;;;;+3/p-3. The summed E-state index contributed by atoms with van der Waals surface area (Å²) in [4.78, 5) is 0. The summed E-state index contributed by atoms with van der Waals surface area (Å²) in [5, 5.41) is 0. The maximum absolute atomic E-state index is 14.7. The first-order valence-corrected chi connectivity index (χ1v) is 10.9. The van der Waals surface area contributed by atoms with Crippen molar-refractivity contribution in [1.29, 1.82) is 0 Å². The predicted molar refractivity (Wildman–Crippen MR) is 99.5 cm³/mol. The maximum Gasteiger partial charge on any atom is -1.00 e. The van der Waals surface area contributed by atoms with Crippen molar-refractivity contribution in [3.63, 3.8) is 0 Å². The van der Waals surface area contributed by atoms with Crippen LogP contribution in [0.4, 0.5) is 43.9 Å². The molecule has 0 saturated carbocycles. The zero-order valence-electron chi connectivity index (χ0n) is 17.7. The van der Waals surface area contributed by atoms with Crippen LogP contribution in [0.25, 0.3) is 6.08 Å². The van der Waals surface area contributed by atoms with Gasteiger partial charge in [-0.1, -0.05) is 0 Å². The molecule has 1 aliphatic rings. The van der Waals surface area contributed by atoms with Crippen LogP contribution in [0.5, 0.6) is 0 Å². The van der Waals surface area contributed by atoms with Gasteiger partial charge in [0.1, 0.15) is 0 Å². The Morgan fingerprint density at radius 1 is 0.568 bits per heavy atom. The quantitative estimate of drug-likeness (QED) is 0.117. The average Bonchev–Trinajstić information content (AvgIpc) is 3.14. The summed E-state index contributed by atoms with van der Waals surface area (Å²) in [6.07, 6.45) is 0.709. The van der Waals surface area contributed by atoms with E-state index >= 15 is 0 Å². The predicted octanol–water partition coefficient (Wildman–Crippen LogP) is -3.62. The van der Waals surface area contributed by atoms with E-state index in [9.17, 15) is 43.9 Å². The average molecular weight is 671 g/mol. The zero-order valence-corrected chi connectivity index (χ0v) is 22.4. The molecule has 0 aromatic heterocycles. The third-order valence-corrected chi connectivity index (χ3v) is 7.32. The molecule has 15 heteroatoms. The molecule has 37 heavy (non-hydrogen) atoms. The molecule has 0 saturated heterocycles. The first-order valence-electron chi connectivity index (χ1n) is 9.50. The summed E-state index contributed by atoms with van der Waals surface area (Å²) in [5.41, 5.74) is -1.77. The molecule has 0 bridgehead atoms. The summed E-state index contributed by atoms with van der Waals surface area (Å²) in [7, 11) is 0. The summed E-state index contributed by atoms with van der Waals surface area (Å²) in [6.45, 7) is -2.42. The number of fused-ring (bicyclic) bond motifs is 1.